The Bertz CT molecular complexity index is 3240. The van der Waals surface area contributed by atoms with Gasteiger partial charge in [0.1, 0.15) is 11.2 Å². The predicted octanol–water partition coefficient (Wildman–Crippen LogP) is 15.5. The second kappa shape index (κ2) is 13.2. The molecule has 10 aromatic carbocycles. The first-order valence-electron chi connectivity index (χ1n) is 19.2. The monoisotopic (exact) mass is 713 g/mol. The number of hydrogen-bond acceptors (Lipinski definition) is 2. The van der Waals surface area contributed by atoms with Crippen molar-refractivity contribution >= 4 is 71.3 Å². The number of hydrogen-bond donors (Lipinski definition) is 0. The average Bonchev–Trinajstić information content (AvgIpc) is 3.66. The van der Waals surface area contributed by atoms with E-state index in [1.807, 2.05) is 12.1 Å². The second-order valence-corrected chi connectivity index (χ2v) is 14.4. The smallest absolute Gasteiger partial charge is 0.136 e. The number of para-hydroxylation sites is 2. The number of furan rings is 1. The maximum absolute atomic E-state index is 6.26. The SMILES string of the molecule is c1ccc(N(c2ccc(-c3cc4ccccc4c4ccccc34)cc2)c2ccc(-c3cccc4oc5ccccc5c34)cc2)c(-c2cccc3ccccc23)c1. The van der Waals surface area contributed by atoms with Crippen molar-refractivity contribution in [3.63, 3.8) is 0 Å². The van der Waals surface area contributed by atoms with Crippen LogP contribution in [0.3, 0.4) is 0 Å². The van der Waals surface area contributed by atoms with Gasteiger partial charge >= 0.3 is 0 Å². The summed E-state index contributed by atoms with van der Waals surface area (Å²) in [6.07, 6.45) is 0. The summed E-state index contributed by atoms with van der Waals surface area (Å²) >= 11 is 0. The third kappa shape index (κ3) is 5.26. The molecule has 0 aliphatic heterocycles. The summed E-state index contributed by atoms with van der Waals surface area (Å²) < 4.78 is 6.26. The third-order valence-corrected chi connectivity index (χ3v) is 11.3. The van der Waals surface area contributed by atoms with Crippen LogP contribution in [-0.4, -0.2) is 0 Å². The first-order valence-corrected chi connectivity index (χ1v) is 19.2. The zero-order valence-electron chi connectivity index (χ0n) is 30.6. The molecule has 0 amide bonds. The van der Waals surface area contributed by atoms with Crippen molar-refractivity contribution in [1.29, 1.82) is 0 Å². The fourth-order valence-electron chi connectivity index (χ4n) is 8.67. The summed E-state index contributed by atoms with van der Waals surface area (Å²) in [6.45, 7) is 0. The van der Waals surface area contributed by atoms with Gasteiger partial charge in [-0.3, -0.25) is 0 Å². The molecular formula is C54H35NO. The lowest BCUT2D eigenvalue weighted by molar-refractivity contribution is 0.669. The van der Waals surface area contributed by atoms with E-state index >= 15 is 0 Å². The second-order valence-electron chi connectivity index (χ2n) is 14.4. The van der Waals surface area contributed by atoms with Crippen LogP contribution in [0, 0.1) is 0 Å². The maximum atomic E-state index is 6.26. The highest BCUT2D eigenvalue weighted by Gasteiger charge is 2.20. The van der Waals surface area contributed by atoms with Crippen LogP contribution in [0.5, 0.6) is 0 Å². The molecule has 0 saturated carbocycles. The van der Waals surface area contributed by atoms with Gasteiger partial charge < -0.3 is 9.32 Å². The summed E-state index contributed by atoms with van der Waals surface area (Å²) in [7, 11) is 0. The van der Waals surface area contributed by atoms with Crippen molar-refractivity contribution in [2.24, 2.45) is 0 Å². The molecular weight excluding hydrogens is 679 g/mol. The van der Waals surface area contributed by atoms with Crippen LogP contribution in [0.4, 0.5) is 17.1 Å². The minimum atomic E-state index is 0.901. The number of fused-ring (bicyclic) bond motifs is 7. The zero-order valence-corrected chi connectivity index (χ0v) is 30.6. The molecule has 2 heteroatoms. The lowest BCUT2D eigenvalue weighted by Crippen LogP contribution is -2.11. The Hall–Kier alpha value is -7.42. The van der Waals surface area contributed by atoms with Crippen molar-refractivity contribution in [3.05, 3.63) is 212 Å². The molecule has 0 spiro atoms. The van der Waals surface area contributed by atoms with Crippen LogP contribution >= 0.6 is 0 Å². The van der Waals surface area contributed by atoms with Crippen LogP contribution in [0.2, 0.25) is 0 Å². The van der Waals surface area contributed by atoms with E-state index in [1.165, 1.54) is 54.6 Å². The van der Waals surface area contributed by atoms with Crippen LogP contribution in [0.25, 0.3) is 87.6 Å². The van der Waals surface area contributed by atoms with Gasteiger partial charge in [0, 0.05) is 27.7 Å². The molecule has 0 saturated heterocycles. The molecule has 56 heavy (non-hydrogen) atoms. The molecule has 0 unspecified atom stereocenters. The van der Waals surface area contributed by atoms with Gasteiger partial charge in [-0.15, -0.1) is 0 Å². The van der Waals surface area contributed by atoms with E-state index in [0.717, 1.165) is 50.1 Å². The Morgan fingerprint density at radius 2 is 0.821 bits per heavy atom. The molecule has 262 valence electrons. The lowest BCUT2D eigenvalue weighted by atomic mass is 9.93. The van der Waals surface area contributed by atoms with Crippen molar-refractivity contribution in [3.8, 4) is 33.4 Å². The zero-order chi connectivity index (χ0) is 37.0. The van der Waals surface area contributed by atoms with Gasteiger partial charge in [-0.2, -0.15) is 0 Å². The molecule has 11 rings (SSSR count). The lowest BCUT2D eigenvalue weighted by Gasteiger charge is -2.28. The van der Waals surface area contributed by atoms with Gasteiger partial charge in [0.15, 0.2) is 0 Å². The largest absolute Gasteiger partial charge is 0.456 e. The summed E-state index contributed by atoms with van der Waals surface area (Å²) in [5, 5.41) is 9.79. The average molecular weight is 714 g/mol. The molecule has 0 bridgehead atoms. The van der Waals surface area contributed by atoms with Crippen molar-refractivity contribution < 1.29 is 4.42 Å². The topological polar surface area (TPSA) is 16.4 Å². The van der Waals surface area contributed by atoms with E-state index in [1.54, 1.807) is 0 Å². The standard InChI is InChI=1S/C54H35NO/c1-3-16-42-36(13-1)15-11-23-46(42)48-20-7-9-24-51(48)55(40-31-27-37(28-32-40)44-22-12-26-53-54(44)49-21-8-10-25-52(49)56-53)41-33-29-38(30-34-41)50-35-39-14-2-4-17-43(39)45-18-5-6-19-47(45)50/h1-35H. The Kier molecular flexibility index (Phi) is 7.53. The molecule has 0 aliphatic carbocycles. The summed E-state index contributed by atoms with van der Waals surface area (Å²) in [4.78, 5) is 2.40. The summed E-state index contributed by atoms with van der Waals surface area (Å²) in [5.41, 5.74) is 12.2. The molecule has 0 atom stereocenters. The minimum absolute atomic E-state index is 0.901. The normalized spacial score (nSPS) is 11.6. The first kappa shape index (κ1) is 32.0. The number of anilines is 3. The van der Waals surface area contributed by atoms with Gasteiger partial charge in [0.2, 0.25) is 0 Å². The molecule has 0 aliphatic rings. The molecule has 11 aromatic rings. The summed E-state index contributed by atoms with van der Waals surface area (Å²) in [6, 6.07) is 76.5. The van der Waals surface area contributed by atoms with Crippen LogP contribution in [0.15, 0.2) is 217 Å². The Morgan fingerprint density at radius 1 is 0.304 bits per heavy atom. The van der Waals surface area contributed by atoms with E-state index in [2.05, 4.69) is 205 Å². The minimum Gasteiger partial charge on any atom is -0.456 e. The van der Waals surface area contributed by atoms with Gasteiger partial charge in [0.05, 0.1) is 5.69 Å². The van der Waals surface area contributed by atoms with Gasteiger partial charge in [0.25, 0.3) is 0 Å². The molecule has 0 fully saturated rings. The van der Waals surface area contributed by atoms with Gasteiger partial charge in [-0.05, 0) is 109 Å². The van der Waals surface area contributed by atoms with E-state index < -0.39 is 0 Å². The highest BCUT2D eigenvalue weighted by Crippen LogP contribution is 2.45. The van der Waals surface area contributed by atoms with Gasteiger partial charge in [-0.25, -0.2) is 0 Å². The van der Waals surface area contributed by atoms with E-state index in [9.17, 15) is 0 Å². The Labute approximate surface area is 325 Å². The Morgan fingerprint density at radius 3 is 1.61 bits per heavy atom. The van der Waals surface area contributed by atoms with Crippen molar-refractivity contribution in [2.45, 2.75) is 0 Å². The highest BCUT2D eigenvalue weighted by atomic mass is 16.3. The fourth-order valence-corrected chi connectivity index (χ4v) is 8.67. The summed E-state index contributed by atoms with van der Waals surface area (Å²) in [5.74, 6) is 0. The Balaban J connectivity index is 1.08. The quantitative estimate of drug-likeness (QED) is 0.160. The first-order chi connectivity index (χ1) is 27.8. The number of nitrogens with zero attached hydrogens (tertiary/aromatic N) is 1. The molecule has 1 aromatic heterocycles. The number of benzene rings is 10. The van der Waals surface area contributed by atoms with Crippen molar-refractivity contribution in [1.82, 2.24) is 0 Å². The maximum Gasteiger partial charge on any atom is 0.136 e. The molecule has 1 heterocycles. The van der Waals surface area contributed by atoms with Gasteiger partial charge in [-0.1, -0.05) is 164 Å². The third-order valence-electron chi connectivity index (χ3n) is 11.3. The van der Waals surface area contributed by atoms with E-state index in [4.69, 9.17) is 4.42 Å². The molecule has 2 nitrogen and oxygen atoms in total. The molecule has 0 radical (unpaired) electrons. The van der Waals surface area contributed by atoms with Crippen molar-refractivity contribution in [2.75, 3.05) is 4.90 Å². The fraction of sp³-hybridized carbons (Fsp3) is 0. The van der Waals surface area contributed by atoms with Crippen LogP contribution < -0.4 is 4.90 Å². The number of rotatable bonds is 6. The van der Waals surface area contributed by atoms with Crippen LogP contribution in [-0.2, 0) is 0 Å². The molecule has 0 N–H and O–H groups in total. The van der Waals surface area contributed by atoms with Crippen LogP contribution in [0.1, 0.15) is 0 Å². The van der Waals surface area contributed by atoms with E-state index in [0.29, 0.717) is 0 Å². The predicted molar refractivity (Wildman–Crippen MR) is 237 cm³/mol. The highest BCUT2D eigenvalue weighted by molar-refractivity contribution is 6.14. The van der Waals surface area contributed by atoms with E-state index in [-0.39, 0.29) is 0 Å².